The van der Waals surface area contributed by atoms with Gasteiger partial charge in [-0.05, 0) is 29.7 Å². The minimum absolute atomic E-state index is 0.0937. The fourth-order valence-electron chi connectivity index (χ4n) is 1.60. The Kier molecular flexibility index (Phi) is 4.60. The first-order valence-electron chi connectivity index (χ1n) is 5.20. The van der Waals surface area contributed by atoms with Crippen LogP contribution in [0.1, 0.15) is 23.6 Å². The molecule has 0 spiro atoms. The van der Waals surface area contributed by atoms with E-state index in [4.69, 9.17) is 10.4 Å². The Labute approximate surface area is 102 Å². The van der Waals surface area contributed by atoms with E-state index in [1.807, 2.05) is 0 Å². The number of aryl methyl sites for hydroxylation is 1. The van der Waals surface area contributed by atoms with Gasteiger partial charge in [0.25, 0.3) is 0 Å². The van der Waals surface area contributed by atoms with Gasteiger partial charge in [-0.2, -0.15) is 14.0 Å². The van der Waals surface area contributed by atoms with Gasteiger partial charge in [0.2, 0.25) is 0 Å². The van der Waals surface area contributed by atoms with Crippen LogP contribution in [0.25, 0.3) is 0 Å². The van der Waals surface area contributed by atoms with Gasteiger partial charge in [0.05, 0.1) is 12.0 Å². The van der Waals surface area contributed by atoms with E-state index in [1.54, 1.807) is 13.0 Å². The molecule has 0 bridgehead atoms. The number of carboxylic acids is 1. The topological polar surface area (TPSA) is 70.3 Å². The fourth-order valence-corrected chi connectivity index (χ4v) is 1.60. The molecule has 0 radical (unpaired) electrons. The molecule has 18 heavy (non-hydrogen) atoms. The van der Waals surface area contributed by atoms with E-state index in [2.05, 4.69) is 4.74 Å². The number of hydrogen-bond acceptors (Lipinski definition) is 3. The molecule has 0 aromatic heterocycles. The zero-order valence-corrected chi connectivity index (χ0v) is 9.61. The van der Waals surface area contributed by atoms with Crippen molar-refractivity contribution in [1.82, 2.24) is 0 Å². The smallest absolute Gasteiger partial charge is 0.387 e. The number of ether oxygens (including phenoxy) is 1. The van der Waals surface area contributed by atoms with E-state index in [9.17, 15) is 13.6 Å². The molecule has 0 aliphatic carbocycles. The lowest BCUT2D eigenvalue weighted by Crippen LogP contribution is -2.08. The number of benzene rings is 1. The Balaban J connectivity index is 3.24. The molecule has 1 rings (SSSR count). The Hall–Kier alpha value is -2.16. The average molecular weight is 255 g/mol. The van der Waals surface area contributed by atoms with Gasteiger partial charge in [0.1, 0.15) is 11.8 Å². The normalized spacial score (nSPS) is 10.2. The molecule has 1 aromatic rings. The molecule has 0 heterocycles. The highest BCUT2D eigenvalue weighted by atomic mass is 19.3. The predicted molar refractivity (Wildman–Crippen MR) is 58.5 cm³/mol. The number of nitrogens with zero attached hydrogens (tertiary/aromatic N) is 1. The number of hydrogen-bond donors (Lipinski definition) is 1. The molecule has 6 heteroatoms. The SMILES string of the molecule is CCc1cc(OC(F)F)c(C#N)cc1CC(=O)O. The quantitative estimate of drug-likeness (QED) is 0.876. The van der Waals surface area contributed by atoms with Crippen molar-refractivity contribution in [2.45, 2.75) is 26.4 Å². The zero-order valence-electron chi connectivity index (χ0n) is 9.61. The molecule has 4 nitrogen and oxygen atoms in total. The summed E-state index contributed by atoms with van der Waals surface area (Å²) in [5.74, 6) is -1.27. The average Bonchev–Trinajstić information content (AvgIpc) is 2.29. The molecule has 1 N–H and O–H groups in total. The van der Waals surface area contributed by atoms with E-state index in [0.717, 1.165) is 0 Å². The van der Waals surface area contributed by atoms with Crippen molar-refractivity contribution in [1.29, 1.82) is 5.26 Å². The second-order valence-electron chi connectivity index (χ2n) is 3.53. The second-order valence-corrected chi connectivity index (χ2v) is 3.53. The molecule has 0 unspecified atom stereocenters. The van der Waals surface area contributed by atoms with Crippen LogP contribution in [-0.2, 0) is 17.6 Å². The molecule has 0 aliphatic heterocycles. The maximum Gasteiger partial charge on any atom is 0.387 e. The molecule has 0 saturated carbocycles. The number of nitriles is 1. The third-order valence-electron chi connectivity index (χ3n) is 2.36. The first kappa shape index (κ1) is 13.9. The van der Waals surface area contributed by atoms with Gasteiger partial charge in [-0.3, -0.25) is 4.79 Å². The Bertz CT molecular complexity index is 495. The van der Waals surface area contributed by atoms with Crippen LogP contribution in [0.15, 0.2) is 12.1 Å². The van der Waals surface area contributed by atoms with Crippen molar-refractivity contribution in [3.05, 3.63) is 28.8 Å². The first-order valence-corrected chi connectivity index (χ1v) is 5.20. The number of carboxylic acid groups (broad SMARTS) is 1. The van der Waals surface area contributed by atoms with Gasteiger partial charge < -0.3 is 9.84 Å². The fraction of sp³-hybridized carbons (Fsp3) is 0.333. The number of carbonyl (C=O) groups is 1. The van der Waals surface area contributed by atoms with Crippen LogP contribution in [0, 0.1) is 11.3 Å². The van der Waals surface area contributed by atoms with Crippen LogP contribution in [0.3, 0.4) is 0 Å². The largest absolute Gasteiger partial charge is 0.481 e. The third-order valence-corrected chi connectivity index (χ3v) is 2.36. The lowest BCUT2D eigenvalue weighted by molar-refractivity contribution is -0.136. The van der Waals surface area contributed by atoms with Gasteiger partial charge in [0.15, 0.2) is 0 Å². The summed E-state index contributed by atoms with van der Waals surface area (Å²) in [6.45, 7) is -1.26. The summed E-state index contributed by atoms with van der Waals surface area (Å²) in [7, 11) is 0. The Morgan fingerprint density at radius 1 is 1.50 bits per heavy atom. The van der Waals surface area contributed by atoms with E-state index in [-0.39, 0.29) is 17.7 Å². The van der Waals surface area contributed by atoms with Crippen LogP contribution in [0.2, 0.25) is 0 Å². The minimum Gasteiger partial charge on any atom is -0.481 e. The van der Waals surface area contributed by atoms with Gasteiger partial charge in [-0.15, -0.1) is 0 Å². The third kappa shape index (κ3) is 3.42. The highest BCUT2D eigenvalue weighted by Gasteiger charge is 2.15. The highest BCUT2D eigenvalue weighted by molar-refractivity contribution is 5.71. The summed E-state index contributed by atoms with van der Waals surface area (Å²) in [4.78, 5) is 10.7. The maximum atomic E-state index is 12.2. The molecule has 0 amide bonds. The van der Waals surface area contributed by atoms with Crippen molar-refractivity contribution < 1.29 is 23.4 Å². The number of aliphatic carboxylic acids is 1. The Morgan fingerprint density at radius 3 is 2.61 bits per heavy atom. The van der Waals surface area contributed by atoms with Gasteiger partial charge in [0, 0.05) is 0 Å². The summed E-state index contributed by atoms with van der Waals surface area (Å²) in [6.07, 6.45) is 0.209. The van der Waals surface area contributed by atoms with Crippen LogP contribution < -0.4 is 4.74 Å². The van der Waals surface area contributed by atoms with Crippen LogP contribution in [0.4, 0.5) is 8.78 Å². The van der Waals surface area contributed by atoms with Gasteiger partial charge in [-0.25, -0.2) is 0 Å². The molecular weight excluding hydrogens is 244 g/mol. The molecule has 0 atom stereocenters. The lowest BCUT2D eigenvalue weighted by atomic mass is 9.99. The minimum atomic E-state index is -3.02. The van der Waals surface area contributed by atoms with Crippen molar-refractivity contribution in [3.8, 4) is 11.8 Å². The highest BCUT2D eigenvalue weighted by Crippen LogP contribution is 2.25. The van der Waals surface area contributed by atoms with Crippen LogP contribution in [0.5, 0.6) is 5.75 Å². The van der Waals surface area contributed by atoms with Gasteiger partial charge >= 0.3 is 12.6 Å². The van der Waals surface area contributed by atoms with Crippen LogP contribution in [-0.4, -0.2) is 17.7 Å². The maximum absolute atomic E-state index is 12.2. The Morgan fingerprint density at radius 2 is 2.17 bits per heavy atom. The van der Waals surface area contributed by atoms with E-state index >= 15 is 0 Å². The zero-order chi connectivity index (χ0) is 13.7. The van der Waals surface area contributed by atoms with Crippen molar-refractivity contribution >= 4 is 5.97 Å². The number of rotatable bonds is 5. The summed E-state index contributed by atoms with van der Waals surface area (Å²) in [5.41, 5.74) is 0.916. The molecule has 0 saturated heterocycles. The summed E-state index contributed by atoms with van der Waals surface area (Å²) >= 11 is 0. The van der Waals surface area contributed by atoms with E-state index in [0.29, 0.717) is 17.5 Å². The van der Waals surface area contributed by atoms with Crippen molar-refractivity contribution in [3.63, 3.8) is 0 Å². The van der Waals surface area contributed by atoms with Crippen molar-refractivity contribution in [2.24, 2.45) is 0 Å². The molecule has 96 valence electrons. The summed E-state index contributed by atoms with van der Waals surface area (Å²) < 4.78 is 28.6. The summed E-state index contributed by atoms with van der Waals surface area (Å²) in [6, 6.07) is 4.29. The van der Waals surface area contributed by atoms with Crippen LogP contribution >= 0.6 is 0 Å². The number of alkyl halides is 2. The van der Waals surface area contributed by atoms with Gasteiger partial charge in [-0.1, -0.05) is 6.92 Å². The molecular formula is C12H11F2NO3. The lowest BCUT2D eigenvalue weighted by Gasteiger charge is -2.11. The number of halogens is 2. The predicted octanol–water partition coefficient (Wildman–Crippen LogP) is 2.35. The molecule has 0 aliphatic rings. The van der Waals surface area contributed by atoms with Crippen molar-refractivity contribution in [2.75, 3.05) is 0 Å². The summed E-state index contributed by atoms with van der Waals surface area (Å²) in [5, 5.41) is 17.6. The standard InChI is InChI=1S/C12H11F2NO3/c1-2-7-4-10(18-12(13)14)9(6-15)3-8(7)5-11(16)17/h3-4,12H,2,5H2,1H3,(H,16,17). The monoisotopic (exact) mass is 255 g/mol. The van der Waals surface area contributed by atoms with E-state index < -0.39 is 12.6 Å². The molecule has 0 fully saturated rings. The first-order chi connectivity index (χ1) is 8.47. The molecule has 1 aromatic carbocycles. The van der Waals surface area contributed by atoms with E-state index in [1.165, 1.54) is 12.1 Å². The second kappa shape index (κ2) is 5.96.